The molecule has 2 fully saturated rings. The number of hydrogen-bond acceptors (Lipinski definition) is 7. The molecule has 7 heteroatoms. The average Bonchev–Trinajstić information content (AvgIpc) is 3.07. The molecule has 0 saturated carbocycles. The van der Waals surface area contributed by atoms with E-state index in [9.17, 15) is 4.79 Å². The summed E-state index contributed by atoms with van der Waals surface area (Å²) in [6, 6.07) is 0. The third-order valence-electron chi connectivity index (χ3n) is 4.54. The maximum atomic E-state index is 11.7. The quantitative estimate of drug-likeness (QED) is 0.488. The average molecular weight is 429 g/mol. The van der Waals surface area contributed by atoms with E-state index in [-0.39, 0.29) is 43.6 Å². The molecule has 2 aliphatic rings. The molecule has 0 aromatic heterocycles. The summed E-state index contributed by atoms with van der Waals surface area (Å²) in [6.45, 7) is 20.4. The fraction of sp³-hybridized carbons (Fsp3) is 0.783. The van der Waals surface area contributed by atoms with Crippen molar-refractivity contribution in [3.63, 3.8) is 0 Å². The minimum Gasteiger partial charge on any atom is -0.462 e. The van der Waals surface area contributed by atoms with E-state index in [0.29, 0.717) is 12.8 Å². The van der Waals surface area contributed by atoms with E-state index in [1.807, 2.05) is 48.5 Å². The Morgan fingerprint density at radius 3 is 1.70 bits per heavy atom. The molecule has 174 valence electrons. The Labute approximate surface area is 181 Å². The molecule has 0 radical (unpaired) electrons. The van der Waals surface area contributed by atoms with Crippen LogP contribution in [0.2, 0.25) is 0 Å². The van der Waals surface area contributed by atoms with E-state index in [0.717, 1.165) is 0 Å². The predicted molar refractivity (Wildman–Crippen MR) is 115 cm³/mol. The van der Waals surface area contributed by atoms with Gasteiger partial charge in [0, 0.05) is 0 Å². The zero-order chi connectivity index (χ0) is 23.2. The van der Waals surface area contributed by atoms with Crippen molar-refractivity contribution in [3.05, 3.63) is 25.3 Å². The van der Waals surface area contributed by atoms with E-state index in [4.69, 9.17) is 28.8 Å². The van der Waals surface area contributed by atoms with Crippen LogP contribution in [-0.4, -0.2) is 60.3 Å². The lowest BCUT2D eigenvalue weighted by atomic mass is 9.97. The third-order valence-corrected chi connectivity index (χ3v) is 4.54. The van der Waals surface area contributed by atoms with Crippen LogP contribution in [0, 0.1) is 5.41 Å². The van der Waals surface area contributed by atoms with Crippen LogP contribution in [0.15, 0.2) is 25.3 Å². The lowest BCUT2D eigenvalue weighted by Gasteiger charge is -2.20. The normalized spacial score (nSPS) is 29.6. The van der Waals surface area contributed by atoms with Crippen LogP contribution < -0.4 is 0 Å². The second kappa shape index (κ2) is 10.9. The summed E-state index contributed by atoms with van der Waals surface area (Å²) in [5, 5.41) is 8.96. The second-order valence-electron chi connectivity index (χ2n) is 9.50. The molecule has 4 atom stereocenters. The molecule has 0 spiro atoms. The summed E-state index contributed by atoms with van der Waals surface area (Å²) in [6.07, 6.45) is 4.36. The van der Waals surface area contributed by atoms with Gasteiger partial charge in [-0.3, -0.25) is 4.79 Å². The molecule has 0 aliphatic carbocycles. The molecule has 2 heterocycles. The molecule has 0 unspecified atom stereocenters. The topological polar surface area (TPSA) is 83.5 Å². The highest BCUT2D eigenvalue weighted by Crippen LogP contribution is 2.31. The van der Waals surface area contributed by atoms with Crippen molar-refractivity contribution in [2.75, 3.05) is 13.2 Å². The SMILES string of the molecule is C=CC[C@@H]1OC(C)(C)O[C@@H]1CO.C=CC[C@@H]1OC(C)(C)O[C@@H]1COC(=O)C(C)(C)C. The first-order valence-corrected chi connectivity index (χ1v) is 10.5. The molecule has 2 aliphatic heterocycles. The molecule has 0 aromatic carbocycles. The Morgan fingerprint density at radius 2 is 1.30 bits per heavy atom. The summed E-state index contributed by atoms with van der Waals surface area (Å²) >= 11 is 0. The maximum Gasteiger partial charge on any atom is 0.311 e. The Hall–Kier alpha value is -1.25. The third kappa shape index (κ3) is 8.47. The molecule has 2 rings (SSSR count). The highest BCUT2D eigenvalue weighted by molar-refractivity contribution is 5.75. The molecule has 0 amide bonds. The number of ether oxygens (including phenoxy) is 5. The van der Waals surface area contributed by atoms with Crippen LogP contribution in [0.3, 0.4) is 0 Å². The second-order valence-corrected chi connectivity index (χ2v) is 9.50. The zero-order valence-corrected chi connectivity index (χ0v) is 19.6. The van der Waals surface area contributed by atoms with Gasteiger partial charge >= 0.3 is 5.97 Å². The van der Waals surface area contributed by atoms with Crippen molar-refractivity contribution >= 4 is 5.97 Å². The Morgan fingerprint density at radius 1 is 0.900 bits per heavy atom. The van der Waals surface area contributed by atoms with Crippen molar-refractivity contribution in [1.29, 1.82) is 0 Å². The van der Waals surface area contributed by atoms with E-state index in [1.165, 1.54) is 0 Å². The number of carbonyl (C=O) groups is 1. The van der Waals surface area contributed by atoms with Gasteiger partial charge in [-0.1, -0.05) is 12.2 Å². The highest BCUT2D eigenvalue weighted by Gasteiger charge is 2.42. The van der Waals surface area contributed by atoms with Crippen molar-refractivity contribution in [2.24, 2.45) is 5.41 Å². The van der Waals surface area contributed by atoms with Gasteiger partial charge in [0.05, 0.1) is 24.2 Å². The van der Waals surface area contributed by atoms with Crippen LogP contribution in [0.5, 0.6) is 0 Å². The van der Waals surface area contributed by atoms with Crippen molar-refractivity contribution in [1.82, 2.24) is 0 Å². The molecule has 2 saturated heterocycles. The van der Waals surface area contributed by atoms with Crippen LogP contribution in [0.1, 0.15) is 61.3 Å². The van der Waals surface area contributed by atoms with Gasteiger partial charge in [0.15, 0.2) is 11.6 Å². The van der Waals surface area contributed by atoms with Crippen LogP contribution in [0.4, 0.5) is 0 Å². The summed E-state index contributed by atoms with van der Waals surface area (Å²) < 4.78 is 27.7. The first-order valence-electron chi connectivity index (χ1n) is 10.5. The fourth-order valence-electron chi connectivity index (χ4n) is 3.22. The van der Waals surface area contributed by atoms with Gasteiger partial charge in [-0.2, -0.15) is 0 Å². The van der Waals surface area contributed by atoms with Gasteiger partial charge < -0.3 is 28.8 Å². The predicted octanol–water partition coefficient (Wildman–Crippen LogP) is 3.75. The Kier molecular flexibility index (Phi) is 9.70. The lowest BCUT2D eigenvalue weighted by Crippen LogP contribution is -2.32. The number of esters is 1. The minimum absolute atomic E-state index is 0.00192. The van der Waals surface area contributed by atoms with Crippen LogP contribution >= 0.6 is 0 Å². The molecule has 30 heavy (non-hydrogen) atoms. The number of rotatable bonds is 7. The van der Waals surface area contributed by atoms with Crippen LogP contribution in [-0.2, 0) is 28.5 Å². The first kappa shape index (κ1) is 26.8. The Balaban J connectivity index is 0.000000325. The van der Waals surface area contributed by atoms with Gasteiger partial charge in [0.1, 0.15) is 18.8 Å². The Bertz CT molecular complexity index is 577. The highest BCUT2D eigenvalue weighted by atomic mass is 16.8. The largest absolute Gasteiger partial charge is 0.462 e. The van der Waals surface area contributed by atoms with Crippen LogP contribution in [0.25, 0.3) is 0 Å². The maximum absolute atomic E-state index is 11.7. The minimum atomic E-state index is -0.632. The van der Waals surface area contributed by atoms with E-state index < -0.39 is 17.0 Å². The molecule has 0 bridgehead atoms. The number of carbonyl (C=O) groups excluding carboxylic acids is 1. The van der Waals surface area contributed by atoms with Gasteiger partial charge in [-0.15, -0.1) is 13.2 Å². The van der Waals surface area contributed by atoms with Gasteiger partial charge in [-0.05, 0) is 61.3 Å². The van der Waals surface area contributed by atoms with Crippen molar-refractivity contribution < 1.29 is 33.6 Å². The van der Waals surface area contributed by atoms with Gasteiger partial charge in [0.2, 0.25) is 0 Å². The molecule has 0 aromatic rings. The first-order chi connectivity index (χ1) is 13.7. The fourth-order valence-corrected chi connectivity index (χ4v) is 3.22. The van der Waals surface area contributed by atoms with E-state index in [1.54, 1.807) is 12.2 Å². The van der Waals surface area contributed by atoms with Gasteiger partial charge in [-0.25, -0.2) is 0 Å². The van der Waals surface area contributed by atoms with Crippen molar-refractivity contribution in [2.45, 2.75) is 97.3 Å². The summed E-state index contributed by atoms with van der Waals surface area (Å²) in [4.78, 5) is 11.7. The monoisotopic (exact) mass is 428 g/mol. The zero-order valence-electron chi connectivity index (χ0n) is 19.6. The number of aliphatic hydroxyl groups excluding tert-OH is 1. The molecule has 1 N–H and O–H groups in total. The molecule has 7 nitrogen and oxygen atoms in total. The summed E-state index contributed by atoms with van der Waals surface area (Å²) in [5.41, 5.74) is -0.497. The van der Waals surface area contributed by atoms with E-state index in [2.05, 4.69) is 13.2 Å². The number of aliphatic hydroxyl groups is 1. The smallest absolute Gasteiger partial charge is 0.311 e. The molecular weight excluding hydrogens is 388 g/mol. The summed E-state index contributed by atoms with van der Waals surface area (Å²) in [7, 11) is 0. The van der Waals surface area contributed by atoms with E-state index >= 15 is 0 Å². The van der Waals surface area contributed by atoms with Gasteiger partial charge in [0.25, 0.3) is 0 Å². The van der Waals surface area contributed by atoms with Crippen molar-refractivity contribution in [3.8, 4) is 0 Å². The summed E-state index contributed by atoms with van der Waals surface area (Å²) in [5.74, 6) is -1.43. The standard InChI is InChI=1S/C14H24O4.C9H16O3/c1-7-8-10-11(18-14(5,6)17-10)9-16-12(15)13(2,3)4;1-4-5-7-8(6-10)12-9(2,3)11-7/h7,10-11H,1,8-9H2,2-6H3;4,7-8,10H,1,5-6H2,2-3H3/t10-,11+;7-,8+/m00/s1. The number of hydrogen-bond donors (Lipinski definition) is 1. The lowest BCUT2D eigenvalue weighted by molar-refractivity contribution is -0.165. The molecular formula is C23H40O7.